The van der Waals surface area contributed by atoms with Crippen LogP contribution in [-0.4, -0.2) is 24.3 Å². The standard InChI is InChI=1S/C15H17NO4/c1-10(20-12-6-4-5-11(17)9-12)13-7-8-14(18-2)16-15(13)19-3/h4-10,17H,1-3H3. The van der Waals surface area contributed by atoms with Gasteiger partial charge >= 0.3 is 0 Å². The third-order valence-corrected chi connectivity index (χ3v) is 2.84. The Balaban J connectivity index is 2.22. The Morgan fingerprint density at radius 1 is 1.10 bits per heavy atom. The molecule has 0 amide bonds. The van der Waals surface area contributed by atoms with Crippen LogP contribution in [0.4, 0.5) is 0 Å². The number of phenolic OH excluding ortho intramolecular Hbond substituents is 1. The third-order valence-electron chi connectivity index (χ3n) is 2.84. The summed E-state index contributed by atoms with van der Waals surface area (Å²) in [6, 6.07) is 10.2. The number of ether oxygens (including phenoxy) is 3. The quantitative estimate of drug-likeness (QED) is 0.909. The summed E-state index contributed by atoms with van der Waals surface area (Å²) in [5.41, 5.74) is 0.802. The molecule has 0 saturated heterocycles. The molecule has 20 heavy (non-hydrogen) atoms. The van der Waals surface area contributed by atoms with Crippen molar-refractivity contribution in [2.75, 3.05) is 14.2 Å². The van der Waals surface area contributed by atoms with E-state index in [0.717, 1.165) is 5.56 Å². The monoisotopic (exact) mass is 275 g/mol. The van der Waals surface area contributed by atoms with Gasteiger partial charge in [0.15, 0.2) is 0 Å². The van der Waals surface area contributed by atoms with Gasteiger partial charge in [-0.1, -0.05) is 6.07 Å². The topological polar surface area (TPSA) is 60.8 Å². The van der Waals surface area contributed by atoms with Gasteiger partial charge in [0.1, 0.15) is 17.6 Å². The first-order chi connectivity index (χ1) is 9.63. The van der Waals surface area contributed by atoms with Gasteiger partial charge in [-0.3, -0.25) is 0 Å². The molecular formula is C15H17NO4. The van der Waals surface area contributed by atoms with Crippen LogP contribution in [0.1, 0.15) is 18.6 Å². The highest BCUT2D eigenvalue weighted by molar-refractivity contribution is 5.35. The zero-order valence-electron chi connectivity index (χ0n) is 11.7. The minimum absolute atomic E-state index is 0.162. The van der Waals surface area contributed by atoms with Crippen LogP contribution in [0.3, 0.4) is 0 Å². The second-order valence-corrected chi connectivity index (χ2v) is 4.21. The summed E-state index contributed by atoms with van der Waals surface area (Å²) < 4.78 is 16.1. The minimum atomic E-state index is -0.273. The van der Waals surface area contributed by atoms with Crippen molar-refractivity contribution in [1.29, 1.82) is 0 Å². The molecule has 1 atom stereocenters. The first-order valence-corrected chi connectivity index (χ1v) is 6.18. The Labute approximate surface area is 117 Å². The number of aromatic nitrogens is 1. The lowest BCUT2D eigenvalue weighted by molar-refractivity contribution is 0.218. The van der Waals surface area contributed by atoms with Crippen molar-refractivity contribution in [3.8, 4) is 23.3 Å². The van der Waals surface area contributed by atoms with Gasteiger partial charge in [-0.05, 0) is 25.1 Å². The maximum absolute atomic E-state index is 9.43. The van der Waals surface area contributed by atoms with Gasteiger partial charge in [-0.2, -0.15) is 4.98 Å². The summed E-state index contributed by atoms with van der Waals surface area (Å²) in [6.07, 6.45) is -0.273. The number of rotatable bonds is 5. The largest absolute Gasteiger partial charge is 0.508 e. The number of benzene rings is 1. The molecule has 5 heteroatoms. The summed E-state index contributed by atoms with van der Waals surface area (Å²) in [5.74, 6) is 1.68. The summed E-state index contributed by atoms with van der Waals surface area (Å²) in [7, 11) is 3.10. The van der Waals surface area contributed by atoms with Crippen LogP contribution in [0.5, 0.6) is 23.3 Å². The number of nitrogens with zero attached hydrogens (tertiary/aromatic N) is 1. The fourth-order valence-corrected chi connectivity index (χ4v) is 1.85. The Morgan fingerprint density at radius 2 is 1.90 bits per heavy atom. The van der Waals surface area contributed by atoms with Crippen LogP contribution in [0, 0.1) is 0 Å². The number of hydrogen-bond acceptors (Lipinski definition) is 5. The lowest BCUT2D eigenvalue weighted by atomic mass is 10.1. The smallest absolute Gasteiger partial charge is 0.223 e. The number of aromatic hydroxyl groups is 1. The van der Waals surface area contributed by atoms with Crippen molar-refractivity contribution < 1.29 is 19.3 Å². The Bertz CT molecular complexity index is 586. The zero-order valence-corrected chi connectivity index (χ0v) is 11.7. The predicted octanol–water partition coefficient (Wildman–Crippen LogP) is 2.94. The zero-order chi connectivity index (χ0) is 14.5. The summed E-state index contributed by atoms with van der Waals surface area (Å²) in [5, 5.41) is 9.43. The fourth-order valence-electron chi connectivity index (χ4n) is 1.85. The van der Waals surface area contributed by atoms with E-state index in [0.29, 0.717) is 17.5 Å². The van der Waals surface area contributed by atoms with E-state index in [9.17, 15) is 5.11 Å². The molecular weight excluding hydrogens is 258 g/mol. The molecule has 5 nitrogen and oxygen atoms in total. The first-order valence-electron chi connectivity index (χ1n) is 6.18. The Kier molecular flexibility index (Phi) is 4.30. The molecule has 0 saturated carbocycles. The molecule has 0 spiro atoms. The van der Waals surface area contributed by atoms with Crippen molar-refractivity contribution in [2.24, 2.45) is 0 Å². The van der Waals surface area contributed by atoms with Crippen LogP contribution in [0.15, 0.2) is 36.4 Å². The van der Waals surface area contributed by atoms with E-state index in [4.69, 9.17) is 14.2 Å². The highest BCUT2D eigenvalue weighted by Gasteiger charge is 2.15. The van der Waals surface area contributed by atoms with Crippen LogP contribution in [0.2, 0.25) is 0 Å². The van der Waals surface area contributed by atoms with Crippen molar-refractivity contribution in [3.63, 3.8) is 0 Å². The number of hydrogen-bond donors (Lipinski definition) is 1. The van der Waals surface area contributed by atoms with Crippen molar-refractivity contribution in [1.82, 2.24) is 4.98 Å². The first kappa shape index (κ1) is 14.0. The Morgan fingerprint density at radius 3 is 2.55 bits per heavy atom. The number of methoxy groups -OCH3 is 2. The van der Waals surface area contributed by atoms with Gasteiger partial charge in [0.05, 0.1) is 19.8 Å². The van der Waals surface area contributed by atoms with Crippen molar-refractivity contribution in [3.05, 3.63) is 42.0 Å². The molecule has 2 aromatic rings. The molecule has 106 valence electrons. The summed E-state index contributed by atoms with van der Waals surface area (Å²) in [6.45, 7) is 1.88. The molecule has 0 aliphatic rings. The highest BCUT2D eigenvalue weighted by Crippen LogP contribution is 2.30. The van der Waals surface area contributed by atoms with Crippen LogP contribution in [-0.2, 0) is 0 Å². The van der Waals surface area contributed by atoms with Gasteiger partial charge in [0.2, 0.25) is 11.8 Å². The van der Waals surface area contributed by atoms with E-state index in [1.807, 2.05) is 13.0 Å². The molecule has 0 fully saturated rings. The van der Waals surface area contributed by atoms with Crippen LogP contribution in [0.25, 0.3) is 0 Å². The lowest BCUT2D eigenvalue weighted by Gasteiger charge is -2.17. The van der Waals surface area contributed by atoms with Crippen molar-refractivity contribution in [2.45, 2.75) is 13.0 Å². The summed E-state index contributed by atoms with van der Waals surface area (Å²) in [4.78, 5) is 4.22. The van der Waals surface area contributed by atoms with Crippen LogP contribution < -0.4 is 14.2 Å². The maximum atomic E-state index is 9.43. The van der Waals surface area contributed by atoms with Crippen molar-refractivity contribution >= 4 is 0 Å². The van der Waals surface area contributed by atoms with E-state index in [2.05, 4.69) is 4.98 Å². The van der Waals surface area contributed by atoms with E-state index in [-0.39, 0.29) is 11.9 Å². The predicted molar refractivity (Wildman–Crippen MR) is 74.5 cm³/mol. The van der Waals surface area contributed by atoms with Gasteiger partial charge in [0, 0.05) is 12.1 Å². The molecule has 1 N–H and O–H groups in total. The molecule has 1 unspecified atom stereocenters. The van der Waals surface area contributed by atoms with E-state index in [1.54, 1.807) is 44.6 Å². The van der Waals surface area contributed by atoms with E-state index >= 15 is 0 Å². The third kappa shape index (κ3) is 3.12. The average Bonchev–Trinajstić information content (AvgIpc) is 2.46. The number of phenols is 1. The highest BCUT2D eigenvalue weighted by atomic mass is 16.5. The SMILES string of the molecule is COc1ccc(C(C)Oc2cccc(O)c2)c(OC)n1. The second-order valence-electron chi connectivity index (χ2n) is 4.21. The molecule has 1 aromatic heterocycles. The maximum Gasteiger partial charge on any atom is 0.223 e. The average molecular weight is 275 g/mol. The lowest BCUT2D eigenvalue weighted by Crippen LogP contribution is -2.06. The second kappa shape index (κ2) is 6.14. The molecule has 0 bridgehead atoms. The van der Waals surface area contributed by atoms with E-state index < -0.39 is 0 Å². The molecule has 1 aromatic carbocycles. The fraction of sp³-hybridized carbons (Fsp3) is 0.267. The molecule has 0 aliphatic carbocycles. The number of pyridine rings is 1. The minimum Gasteiger partial charge on any atom is -0.508 e. The van der Waals surface area contributed by atoms with Gasteiger partial charge < -0.3 is 19.3 Å². The molecule has 0 radical (unpaired) electrons. The molecule has 1 heterocycles. The van der Waals surface area contributed by atoms with Gasteiger partial charge in [-0.15, -0.1) is 0 Å². The van der Waals surface area contributed by atoms with Crippen LogP contribution >= 0.6 is 0 Å². The van der Waals surface area contributed by atoms with E-state index in [1.165, 1.54) is 0 Å². The van der Waals surface area contributed by atoms with Gasteiger partial charge in [0.25, 0.3) is 0 Å². The molecule has 2 rings (SSSR count). The normalized spacial score (nSPS) is 11.8. The van der Waals surface area contributed by atoms with Gasteiger partial charge in [-0.25, -0.2) is 0 Å². The molecule has 0 aliphatic heterocycles. The Hall–Kier alpha value is -2.43. The summed E-state index contributed by atoms with van der Waals surface area (Å²) >= 11 is 0.